The average molecular weight is 398 g/mol. The number of pyridine rings is 2. The predicted octanol–water partition coefficient (Wildman–Crippen LogP) is 3.55. The van der Waals surface area contributed by atoms with E-state index in [1.54, 1.807) is 19.2 Å². The summed E-state index contributed by atoms with van der Waals surface area (Å²) >= 11 is 6.91. The van der Waals surface area contributed by atoms with E-state index in [1.807, 2.05) is 0 Å². The van der Waals surface area contributed by atoms with Crippen LogP contribution in [-0.4, -0.2) is 25.4 Å². The molecule has 0 saturated carbocycles. The first-order chi connectivity index (χ1) is 11.9. The second-order valence-corrected chi connectivity index (χ2v) is 8.77. The molecule has 0 aromatic carbocycles. The first-order valence-corrected chi connectivity index (χ1v) is 9.86. The van der Waals surface area contributed by atoms with Gasteiger partial charge in [0.25, 0.3) is 0 Å². The van der Waals surface area contributed by atoms with E-state index in [4.69, 9.17) is 11.6 Å². The van der Waals surface area contributed by atoms with E-state index < -0.39 is 15.8 Å². The van der Waals surface area contributed by atoms with Gasteiger partial charge in [0.2, 0.25) is 15.8 Å². The summed E-state index contributed by atoms with van der Waals surface area (Å²) in [4.78, 5) is 8.19. The van der Waals surface area contributed by atoms with Crippen molar-refractivity contribution in [3.63, 3.8) is 0 Å². The van der Waals surface area contributed by atoms with Crippen molar-refractivity contribution in [3.05, 3.63) is 58.7 Å². The Kier molecular flexibility index (Phi) is 5.14. The first-order valence-electron chi connectivity index (χ1n) is 7.18. The number of nitrogens with one attached hydrogen (secondary N) is 1. The largest absolute Gasteiger partial charge is 0.315 e. The Hall–Kier alpha value is -1.87. The summed E-state index contributed by atoms with van der Waals surface area (Å²) in [5.41, 5.74) is 0.425. The molecule has 0 atom stereocenters. The summed E-state index contributed by atoms with van der Waals surface area (Å²) in [6.07, 6.45) is 2.64. The zero-order chi connectivity index (χ0) is 18.0. The van der Waals surface area contributed by atoms with Crippen molar-refractivity contribution in [2.75, 3.05) is 7.05 Å². The van der Waals surface area contributed by atoms with Crippen LogP contribution in [0.15, 0.2) is 51.8 Å². The third-order valence-electron chi connectivity index (χ3n) is 3.40. The van der Waals surface area contributed by atoms with Crippen molar-refractivity contribution in [2.24, 2.45) is 0 Å². The van der Waals surface area contributed by atoms with Crippen LogP contribution in [0.25, 0.3) is 11.1 Å². The number of hydrogen-bond donors (Lipinski definition) is 1. The van der Waals surface area contributed by atoms with Gasteiger partial charge in [-0.15, -0.1) is 11.3 Å². The summed E-state index contributed by atoms with van der Waals surface area (Å²) in [6.45, 7) is 0.464. The Morgan fingerprint density at radius 2 is 2.00 bits per heavy atom. The fraction of sp³-hybridized carbons (Fsp3) is 0.125. The number of sulfone groups is 1. The van der Waals surface area contributed by atoms with Crippen LogP contribution in [0, 0.1) is 5.95 Å². The van der Waals surface area contributed by atoms with Crippen molar-refractivity contribution in [1.29, 1.82) is 0 Å². The van der Waals surface area contributed by atoms with Gasteiger partial charge < -0.3 is 5.32 Å². The molecule has 0 radical (unpaired) electrons. The predicted molar refractivity (Wildman–Crippen MR) is 95.0 cm³/mol. The van der Waals surface area contributed by atoms with E-state index >= 15 is 0 Å². The molecule has 130 valence electrons. The van der Waals surface area contributed by atoms with E-state index in [0.29, 0.717) is 6.54 Å². The van der Waals surface area contributed by atoms with Gasteiger partial charge in [-0.05, 0) is 37.4 Å². The van der Waals surface area contributed by atoms with Crippen LogP contribution in [0.4, 0.5) is 4.39 Å². The third-order valence-corrected chi connectivity index (χ3v) is 7.03. The molecule has 0 bridgehead atoms. The van der Waals surface area contributed by atoms with E-state index in [2.05, 4.69) is 15.3 Å². The zero-order valence-corrected chi connectivity index (χ0v) is 15.4. The second-order valence-electron chi connectivity index (χ2n) is 5.10. The Balaban J connectivity index is 2.23. The molecule has 3 heterocycles. The highest BCUT2D eigenvalue weighted by Gasteiger charge is 2.27. The molecular weight excluding hydrogens is 385 g/mol. The molecule has 0 saturated heterocycles. The van der Waals surface area contributed by atoms with Crippen molar-refractivity contribution in [1.82, 2.24) is 15.3 Å². The van der Waals surface area contributed by atoms with E-state index in [9.17, 15) is 12.8 Å². The van der Waals surface area contributed by atoms with Crippen molar-refractivity contribution < 1.29 is 12.8 Å². The molecular formula is C16H13ClFN3O2S2. The van der Waals surface area contributed by atoms with Crippen LogP contribution in [0.1, 0.15) is 4.88 Å². The molecule has 25 heavy (non-hydrogen) atoms. The maximum absolute atomic E-state index is 14.2. The molecule has 3 aromatic rings. The Morgan fingerprint density at radius 3 is 2.68 bits per heavy atom. The molecule has 0 fully saturated rings. The van der Waals surface area contributed by atoms with Crippen LogP contribution < -0.4 is 5.32 Å². The van der Waals surface area contributed by atoms with E-state index in [1.165, 1.54) is 30.6 Å². The van der Waals surface area contributed by atoms with Gasteiger partial charge in [-0.2, -0.15) is 4.39 Å². The molecule has 0 aliphatic carbocycles. The zero-order valence-electron chi connectivity index (χ0n) is 13.0. The quantitative estimate of drug-likeness (QED) is 0.666. The smallest absolute Gasteiger partial charge is 0.220 e. The molecule has 0 spiro atoms. The van der Waals surface area contributed by atoms with E-state index in [0.717, 1.165) is 16.2 Å². The standard InChI is InChI=1S/C16H13ClFN3O2S2/c1-19-9-10-7-13(12-3-2-5-21-15(12)18)16(24-10)25(22,23)11-4-6-20-14(17)8-11/h2-8,19H,9H2,1H3. The lowest BCUT2D eigenvalue weighted by Gasteiger charge is -2.06. The second kappa shape index (κ2) is 7.17. The molecule has 0 amide bonds. The van der Waals surface area contributed by atoms with Gasteiger partial charge >= 0.3 is 0 Å². The maximum Gasteiger partial charge on any atom is 0.220 e. The first kappa shape index (κ1) is 17.9. The van der Waals surface area contributed by atoms with E-state index in [-0.39, 0.29) is 25.4 Å². The van der Waals surface area contributed by atoms with Gasteiger partial charge in [-0.1, -0.05) is 11.6 Å². The summed E-state index contributed by atoms with van der Waals surface area (Å²) in [5, 5.41) is 3.04. The van der Waals surface area contributed by atoms with Crippen molar-refractivity contribution in [2.45, 2.75) is 15.6 Å². The number of hydrogen-bond acceptors (Lipinski definition) is 6. The Labute approximate surface area is 153 Å². The number of thiophene rings is 1. The molecule has 0 unspecified atom stereocenters. The van der Waals surface area contributed by atoms with Gasteiger partial charge in [-0.3, -0.25) is 0 Å². The minimum Gasteiger partial charge on any atom is -0.315 e. The Morgan fingerprint density at radius 1 is 1.20 bits per heavy atom. The fourth-order valence-electron chi connectivity index (χ4n) is 2.32. The van der Waals surface area contributed by atoms with Crippen molar-refractivity contribution in [3.8, 4) is 11.1 Å². The molecule has 0 aliphatic rings. The highest BCUT2D eigenvalue weighted by atomic mass is 35.5. The summed E-state index contributed by atoms with van der Waals surface area (Å²) in [6, 6.07) is 7.37. The minimum atomic E-state index is -3.88. The summed E-state index contributed by atoms with van der Waals surface area (Å²) in [7, 11) is -2.13. The Bertz CT molecular complexity index is 1020. The lowest BCUT2D eigenvalue weighted by molar-refractivity contribution is 0.587. The third kappa shape index (κ3) is 3.57. The number of rotatable bonds is 5. The topological polar surface area (TPSA) is 72.0 Å². The van der Waals surface area contributed by atoms with Gasteiger partial charge in [0.15, 0.2) is 0 Å². The lowest BCUT2D eigenvalue weighted by atomic mass is 10.1. The van der Waals surface area contributed by atoms with Crippen LogP contribution in [0.5, 0.6) is 0 Å². The average Bonchev–Trinajstić information content (AvgIpc) is 3.00. The molecule has 5 nitrogen and oxygen atoms in total. The van der Waals surface area contributed by atoms with Crippen molar-refractivity contribution >= 4 is 32.8 Å². The lowest BCUT2D eigenvalue weighted by Crippen LogP contribution is -2.03. The number of halogens is 2. The number of nitrogens with zero attached hydrogens (tertiary/aromatic N) is 2. The maximum atomic E-state index is 14.2. The van der Waals surface area contributed by atoms with Crippen LogP contribution in [0.3, 0.4) is 0 Å². The van der Waals surface area contributed by atoms with Crippen LogP contribution >= 0.6 is 22.9 Å². The number of aromatic nitrogens is 2. The monoisotopic (exact) mass is 397 g/mol. The normalized spacial score (nSPS) is 11.6. The van der Waals surface area contributed by atoms with Crippen LogP contribution in [-0.2, 0) is 16.4 Å². The molecule has 3 aromatic heterocycles. The summed E-state index contributed by atoms with van der Waals surface area (Å²) < 4.78 is 40.3. The van der Waals surface area contributed by atoms with Gasteiger partial charge in [0, 0.05) is 34.9 Å². The highest BCUT2D eigenvalue weighted by Crippen LogP contribution is 2.39. The highest BCUT2D eigenvalue weighted by molar-refractivity contribution is 7.93. The summed E-state index contributed by atoms with van der Waals surface area (Å²) in [5.74, 6) is -0.722. The van der Waals surface area contributed by atoms with Crippen LogP contribution in [0.2, 0.25) is 5.15 Å². The fourth-order valence-corrected chi connectivity index (χ4v) is 5.69. The molecule has 0 aliphatic heterocycles. The minimum absolute atomic E-state index is 0.0101. The molecule has 1 N–H and O–H groups in total. The SMILES string of the molecule is CNCc1cc(-c2cccnc2F)c(S(=O)(=O)c2ccnc(Cl)c2)s1. The molecule has 3 rings (SSSR count). The van der Waals surface area contributed by atoms with Gasteiger partial charge in [0.1, 0.15) is 9.36 Å². The van der Waals surface area contributed by atoms with Gasteiger partial charge in [0.05, 0.1) is 4.90 Å². The molecule has 9 heteroatoms. The van der Waals surface area contributed by atoms with Gasteiger partial charge in [-0.25, -0.2) is 18.4 Å².